The normalized spacial score (nSPS) is 10.6. The molecule has 0 saturated carbocycles. The van der Waals surface area contributed by atoms with Crippen molar-refractivity contribution in [2.24, 2.45) is 0 Å². The first-order chi connectivity index (χ1) is 9.11. The van der Waals surface area contributed by atoms with Gasteiger partial charge in [-0.15, -0.1) is 0 Å². The van der Waals surface area contributed by atoms with Crippen molar-refractivity contribution < 1.29 is 18.7 Å². The second-order valence-corrected chi connectivity index (χ2v) is 3.96. The van der Waals surface area contributed by atoms with Crippen LogP contribution in [0.1, 0.15) is 16.8 Å². The van der Waals surface area contributed by atoms with Crippen LogP contribution in [-0.2, 0) is 0 Å². The van der Waals surface area contributed by atoms with Crippen LogP contribution < -0.4 is 10.9 Å². The molecule has 0 aliphatic carbocycles. The predicted octanol–water partition coefficient (Wildman–Crippen LogP) is 1.04. The number of amides is 1. The van der Waals surface area contributed by atoms with Gasteiger partial charge in [-0.05, 0) is 24.6 Å². The van der Waals surface area contributed by atoms with E-state index in [1.54, 1.807) is 0 Å². The minimum atomic E-state index is -0.820. The zero-order valence-electron chi connectivity index (χ0n) is 9.98. The largest absolute Gasteiger partial charge is 0.422 e. The fourth-order valence-electron chi connectivity index (χ4n) is 1.62. The van der Waals surface area contributed by atoms with Crippen LogP contribution in [0.3, 0.4) is 0 Å². The number of aliphatic hydroxyl groups excluding tert-OH is 1. The van der Waals surface area contributed by atoms with Crippen LogP contribution in [0.25, 0.3) is 11.0 Å². The summed E-state index contributed by atoms with van der Waals surface area (Å²) in [5, 5.41) is 11.6. The number of nitrogens with one attached hydrogen (secondary N) is 1. The molecule has 1 aromatic carbocycles. The zero-order chi connectivity index (χ0) is 13.8. The molecule has 1 heterocycles. The SMILES string of the molecule is O=C(NCCCO)c1cc2ccc(F)cc2oc1=O. The van der Waals surface area contributed by atoms with Crippen LogP contribution >= 0.6 is 0 Å². The molecule has 0 spiro atoms. The molecule has 0 aliphatic rings. The van der Waals surface area contributed by atoms with Gasteiger partial charge < -0.3 is 14.8 Å². The molecular formula is C13H12FNO4. The number of benzene rings is 1. The van der Waals surface area contributed by atoms with Gasteiger partial charge in [-0.25, -0.2) is 9.18 Å². The maximum atomic E-state index is 13.0. The summed E-state index contributed by atoms with van der Waals surface area (Å²) in [6.45, 7) is 0.210. The number of halogens is 1. The van der Waals surface area contributed by atoms with Crippen molar-refractivity contribution in [1.29, 1.82) is 0 Å². The maximum absolute atomic E-state index is 13.0. The molecule has 0 fully saturated rings. The average Bonchev–Trinajstić information content (AvgIpc) is 2.38. The number of hydrogen-bond acceptors (Lipinski definition) is 4. The zero-order valence-corrected chi connectivity index (χ0v) is 9.98. The van der Waals surface area contributed by atoms with Gasteiger partial charge in [0.1, 0.15) is 17.0 Å². The van der Waals surface area contributed by atoms with E-state index < -0.39 is 17.3 Å². The second-order valence-electron chi connectivity index (χ2n) is 3.96. The number of carbonyl (C=O) groups is 1. The number of hydrogen-bond donors (Lipinski definition) is 2. The van der Waals surface area contributed by atoms with E-state index in [-0.39, 0.29) is 24.3 Å². The molecule has 2 aromatic rings. The van der Waals surface area contributed by atoms with Gasteiger partial charge in [-0.1, -0.05) is 0 Å². The lowest BCUT2D eigenvalue weighted by Crippen LogP contribution is -2.29. The Kier molecular flexibility index (Phi) is 3.91. The fraction of sp³-hybridized carbons (Fsp3) is 0.231. The molecular weight excluding hydrogens is 253 g/mol. The summed E-state index contributed by atoms with van der Waals surface area (Å²) in [6, 6.07) is 5.09. The van der Waals surface area contributed by atoms with E-state index >= 15 is 0 Å². The van der Waals surface area contributed by atoms with Crippen molar-refractivity contribution in [1.82, 2.24) is 5.32 Å². The van der Waals surface area contributed by atoms with E-state index in [0.29, 0.717) is 11.8 Å². The fourth-order valence-corrected chi connectivity index (χ4v) is 1.62. The summed E-state index contributed by atoms with van der Waals surface area (Å²) >= 11 is 0. The highest BCUT2D eigenvalue weighted by atomic mass is 19.1. The summed E-state index contributed by atoms with van der Waals surface area (Å²) in [7, 11) is 0. The number of rotatable bonds is 4. The van der Waals surface area contributed by atoms with Crippen molar-refractivity contribution in [3.8, 4) is 0 Å². The molecule has 0 atom stereocenters. The first-order valence-electron chi connectivity index (χ1n) is 5.74. The molecule has 100 valence electrons. The highest BCUT2D eigenvalue weighted by Gasteiger charge is 2.13. The van der Waals surface area contributed by atoms with E-state index in [1.165, 1.54) is 18.2 Å². The van der Waals surface area contributed by atoms with Gasteiger partial charge in [0.05, 0.1) is 0 Å². The Morgan fingerprint density at radius 1 is 1.37 bits per heavy atom. The van der Waals surface area contributed by atoms with Gasteiger partial charge in [-0.2, -0.15) is 0 Å². The molecule has 19 heavy (non-hydrogen) atoms. The average molecular weight is 265 g/mol. The molecule has 5 nitrogen and oxygen atoms in total. The Morgan fingerprint density at radius 2 is 2.16 bits per heavy atom. The van der Waals surface area contributed by atoms with Crippen LogP contribution in [0.2, 0.25) is 0 Å². The van der Waals surface area contributed by atoms with Crippen molar-refractivity contribution >= 4 is 16.9 Å². The van der Waals surface area contributed by atoms with Crippen LogP contribution in [0.4, 0.5) is 4.39 Å². The molecule has 1 aromatic heterocycles. The third-order valence-corrected chi connectivity index (χ3v) is 2.56. The van der Waals surface area contributed by atoms with Gasteiger partial charge >= 0.3 is 5.63 Å². The van der Waals surface area contributed by atoms with Gasteiger partial charge in [-0.3, -0.25) is 4.79 Å². The van der Waals surface area contributed by atoms with Gasteiger partial charge in [0.25, 0.3) is 5.91 Å². The lowest BCUT2D eigenvalue weighted by atomic mass is 10.1. The molecule has 2 rings (SSSR count). The van der Waals surface area contributed by atoms with Crippen molar-refractivity contribution in [2.45, 2.75) is 6.42 Å². The second kappa shape index (κ2) is 5.62. The van der Waals surface area contributed by atoms with E-state index in [9.17, 15) is 14.0 Å². The third kappa shape index (κ3) is 2.97. The van der Waals surface area contributed by atoms with Gasteiger partial charge in [0.2, 0.25) is 0 Å². The quantitative estimate of drug-likeness (QED) is 0.639. The van der Waals surface area contributed by atoms with Crippen LogP contribution in [0.15, 0.2) is 33.5 Å². The highest BCUT2D eigenvalue weighted by molar-refractivity contribution is 5.96. The minimum absolute atomic E-state index is 0.0497. The predicted molar refractivity (Wildman–Crippen MR) is 66.5 cm³/mol. The molecule has 6 heteroatoms. The molecule has 0 unspecified atom stereocenters. The van der Waals surface area contributed by atoms with Crippen LogP contribution in [0.5, 0.6) is 0 Å². The third-order valence-electron chi connectivity index (χ3n) is 2.56. The molecule has 0 radical (unpaired) electrons. The van der Waals surface area contributed by atoms with E-state index in [2.05, 4.69) is 5.32 Å². The van der Waals surface area contributed by atoms with E-state index in [0.717, 1.165) is 6.07 Å². The Balaban J connectivity index is 2.33. The Bertz CT molecular complexity index is 665. The molecule has 2 N–H and O–H groups in total. The smallest absolute Gasteiger partial charge is 0.349 e. The van der Waals surface area contributed by atoms with Crippen LogP contribution in [-0.4, -0.2) is 24.2 Å². The molecule has 1 amide bonds. The molecule has 0 aliphatic heterocycles. The van der Waals surface area contributed by atoms with Gasteiger partial charge in [0, 0.05) is 24.6 Å². The topological polar surface area (TPSA) is 79.5 Å². The summed E-state index contributed by atoms with van der Waals surface area (Å²) < 4.78 is 17.9. The number of fused-ring (bicyclic) bond motifs is 1. The summed E-state index contributed by atoms with van der Waals surface area (Å²) in [5.74, 6) is -1.09. The maximum Gasteiger partial charge on any atom is 0.349 e. The van der Waals surface area contributed by atoms with Crippen molar-refractivity contribution in [3.63, 3.8) is 0 Å². The Hall–Kier alpha value is -2.21. The highest BCUT2D eigenvalue weighted by Crippen LogP contribution is 2.14. The van der Waals surface area contributed by atoms with E-state index in [4.69, 9.17) is 9.52 Å². The van der Waals surface area contributed by atoms with Crippen LogP contribution in [0, 0.1) is 5.82 Å². The monoisotopic (exact) mass is 265 g/mol. The summed E-state index contributed by atoms with van der Waals surface area (Å²) in [6.07, 6.45) is 0.399. The Morgan fingerprint density at radius 3 is 2.89 bits per heavy atom. The summed E-state index contributed by atoms with van der Waals surface area (Å²) in [4.78, 5) is 23.3. The first kappa shape index (κ1) is 13.2. The lowest BCUT2D eigenvalue weighted by molar-refractivity contribution is 0.0947. The summed E-state index contributed by atoms with van der Waals surface area (Å²) in [5.41, 5.74) is -0.867. The van der Waals surface area contributed by atoms with Gasteiger partial charge in [0.15, 0.2) is 0 Å². The van der Waals surface area contributed by atoms with Crippen molar-refractivity contribution in [2.75, 3.05) is 13.2 Å². The molecule has 0 saturated heterocycles. The Labute approximate surface area is 107 Å². The van der Waals surface area contributed by atoms with E-state index in [1.807, 2.05) is 0 Å². The number of carbonyl (C=O) groups excluding carboxylic acids is 1. The number of aliphatic hydroxyl groups is 1. The minimum Gasteiger partial charge on any atom is -0.422 e. The first-order valence-corrected chi connectivity index (χ1v) is 5.74. The molecule has 0 bridgehead atoms. The standard InChI is InChI=1S/C13H12FNO4/c14-9-3-2-8-6-10(12(17)15-4-1-5-16)13(18)19-11(8)7-9/h2-3,6-7,16H,1,4-5H2,(H,15,17). The lowest BCUT2D eigenvalue weighted by Gasteiger charge is -2.04. The van der Waals surface area contributed by atoms with Crippen molar-refractivity contribution in [3.05, 3.63) is 46.1 Å².